The summed E-state index contributed by atoms with van der Waals surface area (Å²) in [6.45, 7) is -0.375. The first kappa shape index (κ1) is 12.7. The van der Waals surface area contributed by atoms with Crippen molar-refractivity contribution in [3.05, 3.63) is 41.1 Å². The number of nitrogens with zero attached hydrogens (tertiary/aromatic N) is 1. The fourth-order valence-electron chi connectivity index (χ4n) is 1.26. The number of hydrogen-bond donors (Lipinski definition) is 2. The first-order valence-electron chi connectivity index (χ1n) is 4.93. The van der Waals surface area contributed by atoms with E-state index in [1.807, 2.05) is 6.07 Å². The van der Waals surface area contributed by atoms with Gasteiger partial charge in [-0.15, -0.1) is 0 Å². The lowest BCUT2D eigenvalue weighted by atomic mass is 10.1. The number of carbonyl (C=O) groups is 2. The van der Waals surface area contributed by atoms with Gasteiger partial charge < -0.3 is 16.7 Å². The molecule has 0 atom stereocenters. The van der Waals surface area contributed by atoms with Gasteiger partial charge in [-0.1, -0.05) is 18.2 Å². The topological polar surface area (TPSA) is 112 Å². The van der Waals surface area contributed by atoms with Crippen LogP contribution in [0.15, 0.2) is 30.3 Å². The lowest BCUT2D eigenvalue weighted by molar-refractivity contribution is -0.455. The second kappa shape index (κ2) is 5.64. The number of hydrogen-bond acceptors (Lipinski definition) is 3. The lowest BCUT2D eigenvalue weighted by Crippen LogP contribution is -2.40. The summed E-state index contributed by atoms with van der Waals surface area (Å²) in [5.41, 5.74) is 10.6. The molecule has 0 aliphatic rings. The molecule has 2 amide bonds. The van der Waals surface area contributed by atoms with Crippen LogP contribution in [0.1, 0.15) is 5.56 Å². The van der Waals surface area contributed by atoms with Crippen LogP contribution in [-0.2, 0) is 9.59 Å². The molecule has 1 aromatic rings. The molecule has 0 fully saturated rings. The van der Waals surface area contributed by atoms with Crippen LogP contribution in [-0.4, -0.2) is 29.3 Å². The minimum atomic E-state index is -1.28. The van der Waals surface area contributed by atoms with Gasteiger partial charge in [0.1, 0.15) is 0 Å². The molecular formula is C11H13N3O3. The normalized spacial score (nSPS) is 11.5. The molecular weight excluding hydrogens is 222 g/mol. The maximum absolute atomic E-state index is 11.5. The second-order valence-electron chi connectivity index (χ2n) is 3.50. The molecule has 0 radical (unpaired) electrons. The van der Waals surface area contributed by atoms with Gasteiger partial charge in [0.15, 0.2) is 18.7 Å². The summed E-state index contributed by atoms with van der Waals surface area (Å²) in [6, 6.07) is 8.77. The Morgan fingerprint density at radius 1 is 1.24 bits per heavy atom. The molecule has 0 aliphatic carbocycles. The van der Waals surface area contributed by atoms with Crippen LogP contribution in [0.3, 0.4) is 0 Å². The molecule has 4 N–H and O–H groups in total. The highest BCUT2D eigenvalue weighted by atomic mass is 16.5. The average Bonchev–Trinajstić information content (AvgIpc) is 2.26. The maximum Gasteiger partial charge on any atom is 0.236 e. The van der Waals surface area contributed by atoms with E-state index < -0.39 is 17.7 Å². The van der Waals surface area contributed by atoms with Gasteiger partial charge in [-0.2, -0.15) is 0 Å². The third kappa shape index (κ3) is 3.94. The van der Waals surface area contributed by atoms with Crippen molar-refractivity contribution in [1.82, 2.24) is 0 Å². The van der Waals surface area contributed by atoms with Crippen molar-refractivity contribution < 1.29 is 14.3 Å². The van der Waals surface area contributed by atoms with Crippen molar-refractivity contribution in [3.63, 3.8) is 0 Å². The van der Waals surface area contributed by atoms with Crippen LogP contribution in [0.2, 0.25) is 0 Å². The summed E-state index contributed by atoms with van der Waals surface area (Å²) in [5.74, 6) is -3.09. The number of amides is 2. The molecule has 0 heterocycles. The predicted molar refractivity (Wildman–Crippen MR) is 62.0 cm³/mol. The Morgan fingerprint density at radius 2 is 1.76 bits per heavy atom. The van der Waals surface area contributed by atoms with Gasteiger partial charge in [0, 0.05) is 5.56 Å². The van der Waals surface area contributed by atoms with E-state index in [1.54, 1.807) is 24.3 Å². The highest BCUT2D eigenvalue weighted by Crippen LogP contribution is 1.97. The Balaban J connectivity index is 2.77. The Bertz CT molecular complexity index is 429. The number of benzene rings is 1. The molecule has 0 aliphatic heterocycles. The third-order valence-electron chi connectivity index (χ3n) is 2.14. The van der Waals surface area contributed by atoms with Crippen LogP contribution < -0.4 is 11.5 Å². The first-order valence-corrected chi connectivity index (χ1v) is 4.93. The van der Waals surface area contributed by atoms with Crippen molar-refractivity contribution in [2.75, 3.05) is 6.54 Å². The smallest absolute Gasteiger partial charge is 0.236 e. The summed E-state index contributed by atoms with van der Waals surface area (Å²) in [6.07, 6.45) is 1.26. The highest BCUT2D eigenvalue weighted by molar-refractivity contribution is 5.98. The quantitative estimate of drug-likeness (QED) is 0.229. The van der Waals surface area contributed by atoms with Gasteiger partial charge >= 0.3 is 0 Å². The van der Waals surface area contributed by atoms with Gasteiger partial charge in [-0.3, -0.25) is 9.59 Å². The minimum absolute atomic E-state index is 0.375. The number of primary amides is 2. The Morgan fingerprint density at radius 3 is 2.24 bits per heavy atom. The monoisotopic (exact) mass is 235 g/mol. The van der Waals surface area contributed by atoms with E-state index in [0.29, 0.717) is 10.3 Å². The zero-order chi connectivity index (χ0) is 12.8. The minimum Gasteiger partial charge on any atom is -0.624 e. The SMILES string of the molecule is NC(=O)C(C/[N+]([O-])=C/c1ccccc1)C(N)=O. The van der Waals surface area contributed by atoms with Crippen molar-refractivity contribution in [2.45, 2.75) is 0 Å². The molecule has 1 aromatic carbocycles. The molecule has 6 nitrogen and oxygen atoms in total. The molecule has 17 heavy (non-hydrogen) atoms. The molecule has 0 aromatic heterocycles. The highest BCUT2D eigenvalue weighted by Gasteiger charge is 2.25. The Hall–Kier alpha value is -2.37. The molecule has 0 saturated heterocycles. The van der Waals surface area contributed by atoms with Crippen LogP contribution in [0.25, 0.3) is 0 Å². The molecule has 0 spiro atoms. The Kier molecular flexibility index (Phi) is 4.21. The van der Waals surface area contributed by atoms with Gasteiger partial charge in [-0.05, 0) is 12.1 Å². The van der Waals surface area contributed by atoms with E-state index in [1.165, 1.54) is 6.21 Å². The van der Waals surface area contributed by atoms with Crippen molar-refractivity contribution >= 4 is 18.0 Å². The van der Waals surface area contributed by atoms with E-state index in [2.05, 4.69) is 0 Å². The zero-order valence-corrected chi connectivity index (χ0v) is 9.08. The lowest BCUT2D eigenvalue weighted by Gasteiger charge is -2.09. The largest absolute Gasteiger partial charge is 0.624 e. The summed E-state index contributed by atoms with van der Waals surface area (Å²) in [7, 11) is 0. The number of carbonyl (C=O) groups excluding carboxylic acids is 2. The maximum atomic E-state index is 11.5. The molecule has 1 rings (SSSR count). The van der Waals surface area contributed by atoms with Crippen molar-refractivity contribution in [3.8, 4) is 0 Å². The summed E-state index contributed by atoms with van der Waals surface area (Å²) in [5, 5.41) is 11.5. The van der Waals surface area contributed by atoms with E-state index in [-0.39, 0.29) is 6.54 Å². The summed E-state index contributed by atoms with van der Waals surface area (Å²) < 4.78 is 0.468. The van der Waals surface area contributed by atoms with E-state index >= 15 is 0 Å². The fraction of sp³-hybridized carbons (Fsp3) is 0.182. The molecule has 0 saturated carbocycles. The third-order valence-corrected chi connectivity index (χ3v) is 2.14. The van der Waals surface area contributed by atoms with Crippen LogP contribution in [0.5, 0.6) is 0 Å². The summed E-state index contributed by atoms with van der Waals surface area (Å²) >= 11 is 0. The predicted octanol–water partition coefficient (Wildman–Crippen LogP) is -0.797. The second-order valence-corrected chi connectivity index (χ2v) is 3.50. The van der Waals surface area contributed by atoms with Crippen molar-refractivity contribution in [1.29, 1.82) is 0 Å². The molecule has 90 valence electrons. The van der Waals surface area contributed by atoms with Crippen LogP contribution in [0, 0.1) is 11.1 Å². The van der Waals surface area contributed by atoms with Crippen molar-refractivity contribution in [2.24, 2.45) is 17.4 Å². The van der Waals surface area contributed by atoms with Gasteiger partial charge in [0.05, 0.1) is 0 Å². The first-order chi connectivity index (χ1) is 8.00. The molecule has 6 heteroatoms. The average molecular weight is 235 g/mol. The number of rotatable bonds is 5. The summed E-state index contributed by atoms with van der Waals surface area (Å²) in [4.78, 5) is 21.7. The number of hydroxylamine groups is 1. The Labute approximate surface area is 98.1 Å². The molecule has 0 unspecified atom stereocenters. The zero-order valence-electron chi connectivity index (χ0n) is 9.08. The van der Waals surface area contributed by atoms with E-state index in [9.17, 15) is 14.8 Å². The standard InChI is InChI=1S/C11H13N3O3/c12-10(15)9(11(13)16)7-14(17)6-8-4-2-1-3-5-8/h1-6,9H,7H2,(H2,12,15)(H2,13,16)/b14-6-. The van der Waals surface area contributed by atoms with Gasteiger partial charge in [0.2, 0.25) is 11.8 Å². The van der Waals surface area contributed by atoms with Gasteiger partial charge in [0.25, 0.3) is 0 Å². The van der Waals surface area contributed by atoms with E-state index in [0.717, 1.165) is 0 Å². The molecule has 0 bridgehead atoms. The number of nitrogens with two attached hydrogens (primary N) is 2. The van der Waals surface area contributed by atoms with Crippen LogP contribution >= 0.6 is 0 Å². The fourth-order valence-corrected chi connectivity index (χ4v) is 1.26. The van der Waals surface area contributed by atoms with Gasteiger partial charge in [-0.25, -0.2) is 4.74 Å². The van der Waals surface area contributed by atoms with E-state index in [4.69, 9.17) is 11.5 Å². The van der Waals surface area contributed by atoms with Crippen LogP contribution in [0.4, 0.5) is 0 Å².